The van der Waals surface area contributed by atoms with Crippen LogP contribution >= 0.6 is 0 Å². The van der Waals surface area contributed by atoms with Crippen molar-refractivity contribution in [2.45, 2.75) is 63.9 Å². The van der Waals surface area contributed by atoms with Crippen molar-refractivity contribution in [1.82, 2.24) is 4.90 Å². The van der Waals surface area contributed by atoms with Crippen LogP contribution in [0.5, 0.6) is 0 Å². The van der Waals surface area contributed by atoms with Gasteiger partial charge in [0.1, 0.15) is 0 Å². The fourth-order valence-corrected chi connectivity index (χ4v) is 3.68. The van der Waals surface area contributed by atoms with Crippen LogP contribution in [0.15, 0.2) is 0 Å². The molecular formula is C15H30N2O2. The van der Waals surface area contributed by atoms with Gasteiger partial charge in [0.2, 0.25) is 0 Å². The van der Waals surface area contributed by atoms with E-state index in [1.807, 2.05) is 7.11 Å². The molecule has 19 heavy (non-hydrogen) atoms. The Bertz CT molecular complexity index is 309. The molecule has 0 aliphatic carbocycles. The van der Waals surface area contributed by atoms with Gasteiger partial charge in [-0.2, -0.15) is 0 Å². The molecule has 0 spiro atoms. The third-order valence-electron chi connectivity index (χ3n) is 4.98. The number of hydrogen-bond acceptors (Lipinski definition) is 4. The highest BCUT2D eigenvalue weighted by atomic mass is 16.5. The van der Waals surface area contributed by atoms with Gasteiger partial charge in [-0.05, 0) is 40.5 Å². The molecule has 2 aliphatic heterocycles. The SMILES string of the molecule is COC1CCN(CC2C(N)C(C)(C)OC2(C)C)CC1. The van der Waals surface area contributed by atoms with Crippen molar-refractivity contribution in [3.05, 3.63) is 0 Å². The van der Waals surface area contributed by atoms with Crippen LogP contribution in [0, 0.1) is 5.92 Å². The van der Waals surface area contributed by atoms with Crippen LogP contribution in [0.4, 0.5) is 0 Å². The molecule has 2 rings (SSSR count). The lowest BCUT2D eigenvalue weighted by Gasteiger charge is -2.36. The zero-order valence-corrected chi connectivity index (χ0v) is 13.1. The highest BCUT2D eigenvalue weighted by Crippen LogP contribution is 2.41. The summed E-state index contributed by atoms with van der Waals surface area (Å²) >= 11 is 0. The van der Waals surface area contributed by atoms with Gasteiger partial charge in [-0.1, -0.05) is 0 Å². The molecule has 0 amide bonds. The van der Waals surface area contributed by atoms with Crippen molar-refractivity contribution < 1.29 is 9.47 Å². The monoisotopic (exact) mass is 270 g/mol. The quantitative estimate of drug-likeness (QED) is 0.847. The summed E-state index contributed by atoms with van der Waals surface area (Å²) in [6.07, 6.45) is 2.70. The summed E-state index contributed by atoms with van der Waals surface area (Å²) in [5, 5.41) is 0. The molecule has 0 bridgehead atoms. The number of rotatable bonds is 3. The highest BCUT2D eigenvalue weighted by molar-refractivity contribution is 5.04. The van der Waals surface area contributed by atoms with E-state index in [0.717, 1.165) is 32.5 Å². The smallest absolute Gasteiger partial charge is 0.0788 e. The van der Waals surface area contributed by atoms with Crippen molar-refractivity contribution >= 4 is 0 Å². The number of nitrogens with two attached hydrogens (primary N) is 1. The lowest BCUT2D eigenvalue weighted by Crippen LogP contribution is -2.49. The second-order valence-electron chi connectivity index (χ2n) is 7.18. The lowest BCUT2D eigenvalue weighted by molar-refractivity contribution is -0.0794. The molecular weight excluding hydrogens is 240 g/mol. The summed E-state index contributed by atoms with van der Waals surface area (Å²) in [6.45, 7) is 11.8. The van der Waals surface area contributed by atoms with Crippen LogP contribution < -0.4 is 5.73 Å². The molecule has 4 nitrogen and oxygen atoms in total. The van der Waals surface area contributed by atoms with E-state index in [2.05, 4.69) is 32.6 Å². The zero-order chi connectivity index (χ0) is 14.3. The Balaban J connectivity index is 1.95. The Morgan fingerprint density at radius 3 is 2.16 bits per heavy atom. The molecule has 0 saturated carbocycles. The molecule has 2 atom stereocenters. The Hall–Kier alpha value is -0.160. The Kier molecular flexibility index (Phi) is 4.26. The number of piperidine rings is 1. The van der Waals surface area contributed by atoms with E-state index in [-0.39, 0.29) is 17.2 Å². The van der Waals surface area contributed by atoms with Gasteiger partial charge >= 0.3 is 0 Å². The van der Waals surface area contributed by atoms with Crippen LogP contribution in [0.25, 0.3) is 0 Å². The summed E-state index contributed by atoms with van der Waals surface area (Å²) in [6, 6.07) is 0.0997. The maximum Gasteiger partial charge on any atom is 0.0788 e. The lowest BCUT2D eigenvalue weighted by atomic mass is 9.82. The van der Waals surface area contributed by atoms with Crippen LogP contribution in [0.1, 0.15) is 40.5 Å². The number of ether oxygens (including phenoxy) is 2. The maximum absolute atomic E-state index is 6.43. The molecule has 112 valence electrons. The summed E-state index contributed by atoms with van der Waals surface area (Å²) < 4.78 is 11.6. The van der Waals surface area contributed by atoms with E-state index in [4.69, 9.17) is 15.2 Å². The number of nitrogens with zero attached hydrogens (tertiary/aromatic N) is 1. The maximum atomic E-state index is 6.43. The number of methoxy groups -OCH3 is 1. The van der Waals surface area contributed by atoms with Gasteiger partial charge in [0.05, 0.1) is 17.3 Å². The second-order valence-corrected chi connectivity index (χ2v) is 7.18. The van der Waals surface area contributed by atoms with Gasteiger partial charge in [0.25, 0.3) is 0 Å². The molecule has 2 unspecified atom stereocenters. The minimum atomic E-state index is -0.223. The summed E-state index contributed by atoms with van der Waals surface area (Å²) in [7, 11) is 1.81. The first-order valence-corrected chi connectivity index (χ1v) is 7.47. The zero-order valence-electron chi connectivity index (χ0n) is 13.1. The Morgan fingerprint density at radius 2 is 1.74 bits per heavy atom. The number of hydrogen-bond donors (Lipinski definition) is 1. The predicted molar refractivity (Wildman–Crippen MR) is 77.2 cm³/mol. The Labute approximate surface area is 117 Å². The second kappa shape index (κ2) is 5.32. The van der Waals surface area contributed by atoms with Crippen LogP contribution in [0.2, 0.25) is 0 Å². The van der Waals surface area contributed by atoms with Gasteiger partial charge in [-0.25, -0.2) is 0 Å². The van der Waals surface area contributed by atoms with Crippen LogP contribution in [-0.4, -0.2) is 55.0 Å². The van der Waals surface area contributed by atoms with Crippen molar-refractivity contribution in [2.75, 3.05) is 26.7 Å². The minimum absolute atomic E-state index is 0.0997. The van der Waals surface area contributed by atoms with Crippen molar-refractivity contribution in [2.24, 2.45) is 11.7 Å². The molecule has 2 heterocycles. The molecule has 2 aliphatic rings. The molecule has 2 saturated heterocycles. The van der Waals surface area contributed by atoms with Crippen molar-refractivity contribution in [3.8, 4) is 0 Å². The fourth-order valence-electron chi connectivity index (χ4n) is 3.68. The first-order valence-electron chi connectivity index (χ1n) is 7.47. The largest absolute Gasteiger partial charge is 0.381 e. The van der Waals surface area contributed by atoms with Gasteiger partial charge in [0, 0.05) is 38.7 Å². The predicted octanol–water partition coefficient (Wildman–Crippen LogP) is 1.63. The van der Waals surface area contributed by atoms with E-state index in [1.54, 1.807) is 0 Å². The highest BCUT2D eigenvalue weighted by Gasteiger charge is 2.52. The van der Waals surface area contributed by atoms with E-state index in [0.29, 0.717) is 12.0 Å². The fraction of sp³-hybridized carbons (Fsp3) is 1.00. The average Bonchev–Trinajstić information content (AvgIpc) is 2.48. The van der Waals surface area contributed by atoms with E-state index in [1.165, 1.54) is 0 Å². The van der Waals surface area contributed by atoms with E-state index in [9.17, 15) is 0 Å². The van der Waals surface area contributed by atoms with E-state index >= 15 is 0 Å². The molecule has 0 aromatic carbocycles. The van der Waals surface area contributed by atoms with Crippen LogP contribution in [0.3, 0.4) is 0 Å². The first-order chi connectivity index (χ1) is 8.76. The summed E-state index contributed by atoms with van der Waals surface area (Å²) in [5.74, 6) is 0.390. The normalized spacial score (nSPS) is 35.7. The summed E-state index contributed by atoms with van der Waals surface area (Å²) in [4.78, 5) is 2.52. The van der Waals surface area contributed by atoms with Crippen LogP contribution in [-0.2, 0) is 9.47 Å². The third kappa shape index (κ3) is 3.13. The van der Waals surface area contributed by atoms with E-state index < -0.39 is 0 Å². The molecule has 0 aromatic heterocycles. The molecule has 2 fully saturated rings. The van der Waals surface area contributed by atoms with Crippen molar-refractivity contribution in [3.63, 3.8) is 0 Å². The third-order valence-corrected chi connectivity index (χ3v) is 4.98. The van der Waals surface area contributed by atoms with Gasteiger partial charge in [-0.3, -0.25) is 0 Å². The summed E-state index contributed by atoms with van der Waals surface area (Å²) in [5.41, 5.74) is 6.07. The molecule has 0 aromatic rings. The van der Waals surface area contributed by atoms with Gasteiger partial charge in [-0.15, -0.1) is 0 Å². The van der Waals surface area contributed by atoms with Crippen molar-refractivity contribution in [1.29, 1.82) is 0 Å². The Morgan fingerprint density at radius 1 is 1.16 bits per heavy atom. The topological polar surface area (TPSA) is 47.7 Å². The van der Waals surface area contributed by atoms with Gasteiger partial charge in [0.15, 0.2) is 0 Å². The molecule has 2 N–H and O–H groups in total. The van der Waals surface area contributed by atoms with Gasteiger partial charge < -0.3 is 20.1 Å². The molecule has 0 radical (unpaired) electrons. The molecule has 4 heteroatoms. The standard InChI is InChI=1S/C15H30N2O2/c1-14(2)12(13(16)15(3,4)19-14)10-17-8-6-11(18-5)7-9-17/h11-13H,6-10,16H2,1-5H3. The first kappa shape index (κ1) is 15.2. The number of likely N-dealkylation sites (tertiary alicyclic amines) is 1. The minimum Gasteiger partial charge on any atom is -0.381 e. The average molecular weight is 270 g/mol.